The van der Waals surface area contributed by atoms with Crippen molar-refractivity contribution in [3.8, 4) is 11.1 Å². The lowest BCUT2D eigenvalue weighted by Crippen LogP contribution is -2.02. The van der Waals surface area contributed by atoms with Crippen LogP contribution in [0.25, 0.3) is 22.1 Å². The van der Waals surface area contributed by atoms with Gasteiger partial charge in [-0.25, -0.2) is 4.79 Å². The molecule has 1 N–H and O–H groups in total. The molecule has 0 radical (unpaired) electrons. The summed E-state index contributed by atoms with van der Waals surface area (Å²) in [7, 11) is 1.89. The van der Waals surface area contributed by atoms with Crippen molar-refractivity contribution >= 4 is 16.7 Å². The van der Waals surface area contributed by atoms with Crippen LogP contribution in [0.3, 0.4) is 0 Å². The Labute approximate surface area is 150 Å². The summed E-state index contributed by atoms with van der Waals surface area (Å²) >= 11 is 0. The third-order valence-corrected chi connectivity index (χ3v) is 4.42. The maximum atomic E-state index is 12.1. The molecule has 0 aliphatic rings. The van der Waals surface area contributed by atoms with E-state index in [1.807, 2.05) is 68.7 Å². The molecular weight excluding hydrogens is 326 g/mol. The average Bonchev–Trinajstić information content (AvgIpc) is 3.05. The molecule has 2 aromatic heterocycles. The number of hydrogen-bond donors (Lipinski definition) is 1. The molecule has 2 aromatic carbocycles. The van der Waals surface area contributed by atoms with Crippen LogP contribution in [0, 0.1) is 6.92 Å². The van der Waals surface area contributed by atoms with Gasteiger partial charge in [-0.05, 0) is 36.2 Å². The van der Waals surface area contributed by atoms with Crippen LogP contribution in [-0.2, 0) is 13.6 Å². The smallest absolute Gasteiger partial charge is 0.336 e. The Morgan fingerprint density at radius 1 is 1.08 bits per heavy atom. The molecule has 0 unspecified atom stereocenters. The highest BCUT2D eigenvalue weighted by molar-refractivity contribution is 5.95. The first-order chi connectivity index (χ1) is 12.6. The lowest BCUT2D eigenvalue weighted by molar-refractivity contribution is 0.561. The lowest BCUT2D eigenvalue weighted by atomic mass is 9.98. The molecule has 2 heterocycles. The molecule has 0 spiro atoms. The molecule has 0 aliphatic carbocycles. The van der Waals surface area contributed by atoms with Gasteiger partial charge in [-0.15, -0.1) is 0 Å². The summed E-state index contributed by atoms with van der Waals surface area (Å²) in [5.41, 5.74) is 5.11. The van der Waals surface area contributed by atoms with Gasteiger partial charge in [0.2, 0.25) is 0 Å². The number of benzene rings is 2. The maximum Gasteiger partial charge on any atom is 0.336 e. The van der Waals surface area contributed by atoms with Gasteiger partial charge in [-0.1, -0.05) is 24.3 Å². The van der Waals surface area contributed by atoms with Crippen molar-refractivity contribution in [1.82, 2.24) is 9.78 Å². The Morgan fingerprint density at radius 2 is 1.92 bits per heavy atom. The minimum atomic E-state index is -0.349. The number of nitrogens with zero attached hydrogens (tertiary/aromatic N) is 2. The monoisotopic (exact) mass is 345 g/mol. The van der Waals surface area contributed by atoms with Gasteiger partial charge in [-0.2, -0.15) is 5.10 Å². The molecule has 0 aliphatic heterocycles. The summed E-state index contributed by atoms with van der Waals surface area (Å²) in [4.78, 5) is 12.1. The molecular formula is C21H19N3O2. The van der Waals surface area contributed by atoms with Crippen LogP contribution in [-0.4, -0.2) is 9.78 Å². The van der Waals surface area contributed by atoms with Crippen LogP contribution >= 0.6 is 0 Å². The van der Waals surface area contributed by atoms with Gasteiger partial charge in [0.05, 0.1) is 12.2 Å². The first-order valence-corrected chi connectivity index (χ1v) is 8.46. The SMILES string of the molecule is Cc1ccccc1-c1cc(=O)oc2cc(NCc3ccn(C)n3)ccc12. The third-order valence-electron chi connectivity index (χ3n) is 4.42. The van der Waals surface area contributed by atoms with E-state index in [1.165, 1.54) is 0 Å². The van der Waals surface area contributed by atoms with Gasteiger partial charge in [0.25, 0.3) is 0 Å². The summed E-state index contributed by atoms with van der Waals surface area (Å²) in [6, 6.07) is 17.4. The van der Waals surface area contributed by atoms with Crippen molar-refractivity contribution < 1.29 is 4.42 Å². The van der Waals surface area contributed by atoms with E-state index in [-0.39, 0.29) is 5.63 Å². The molecule has 130 valence electrons. The number of rotatable bonds is 4. The molecule has 0 atom stereocenters. The predicted octanol–water partition coefficient (Wildman–Crippen LogP) is 4.11. The topological polar surface area (TPSA) is 60.1 Å². The Bertz CT molecular complexity index is 1140. The standard InChI is InChI=1S/C21H19N3O2/c1-14-5-3-4-6-17(14)19-12-21(25)26-20-11-15(7-8-18(19)20)22-13-16-9-10-24(2)23-16/h3-12,22H,13H2,1-2H3. The van der Waals surface area contributed by atoms with Gasteiger partial charge < -0.3 is 9.73 Å². The van der Waals surface area contributed by atoms with Crippen molar-refractivity contribution in [2.24, 2.45) is 7.05 Å². The maximum absolute atomic E-state index is 12.1. The number of hydrogen-bond acceptors (Lipinski definition) is 4. The fraction of sp³-hybridized carbons (Fsp3) is 0.143. The van der Waals surface area contributed by atoms with Gasteiger partial charge in [-0.3, -0.25) is 4.68 Å². The van der Waals surface area contributed by atoms with Crippen molar-refractivity contribution in [3.05, 3.63) is 82.5 Å². The summed E-state index contributed by atoms with van der Waals surface area (Å²) in [5.74, 6) is 0. The van der Waals surface area contributed by atoms with E-state index >= 15 is 0 Å². The second-order valence-electron chi connectivity index (χ2n) is 6.34. The van der Waals surface area contributed by atoms with Crippen LogP contribution in [0.4, 0.5) is 5.69 Å². The molecule has 0 fully saturated rings. The molecule has 5 heteroatoms. The fourth-order valence-corrected chi connectivity index (χ4v) is 3.12. The van der Waals surface area contributed by atoms with Crippen LogP contribution in [0.15, 0.2) is 70.0 Å². The van der Waals surface area contributed by atoms with Crippen molar-refractivity contribution in [2.45, 2.75) is 13.5 Å². The zero-order valence-electron chi connectivity index (χ0n) is 14.7. The molecule has 26 heavy (non-hydrogen) atoms. The van der Waals surface area contributed by atoms with E-state index in [0.29, 0.717) is 12.1 Å². The zero-order valence-corrected chi connectivity index (χ0v) is 14.7. The second-order valence-corrected chi connectivity index (χ2v) is 6.34. The minimum Gasteiger partial charge on any atom is -0.423 e. The van der Waals surface area contributed by atoms with Crippen LogP contribution in [0.5, 0.6) is 0 Å². The molecule has 0 amide bonds. The summed E-state index contributed by atoms with van der Waals surface area (Å²) in [6.07, 6.45) is 1.91. The second kappa shape index (κ2) is 6.52. The van der Waals surface area contributed by atoms with Crippen molar-refractivity contribution in [3.63, 3.8) is 0 Å². The Kier molecular flexibility index (Phi) is 4.05. The van der Waals surface area contributed by atoms with Crippen LogP contribution in [0.1, 0.15) is 11.3 Å². The van der Waals surface area contributed by atoms with Crippen molar-refractivity contribution in [2.75, 3.05) is 5.32 Å². The molecule has 4 rings (SSSR count). The number of fused-ring (bicyclic) bond motifs is 1. The van der Waals surface area contributed by atoms with Crippen LogP contribution < -0.4 is 10.9 Å². The van der Waals surface area contributed by atoms with E-state index in [0.717, 1.165) is 33.5 Å². The highest BCUT2D eigenvalue weighted by Crippen LogP contribution is 2.31. The highest BCUT2D eigenvalue weighted by Gasteiger charge is 2.10. The van der Waals surface area contributed by atoms with Gasteiger partial charge in [0, 0.05) is 42.0 Å². The number of nitrogens with one attached hydrogen (secondary N) is 1. The van der Waals surface area contributed by atoms with E-state index in [4.69, 9.17) is 4.42 Å². The van der Waals surface area contributed by atoms with E-state index < -0.39 is 0 Å². The molecule has 4 aromatic rings. The fourth-order valence-electron chi connectivity index (χ4n) is 3.12. The molecule has 5 nitrogen and oxygen atoms in total. The normalized spacial score (nSPS) is 11.0. The number of aryl methyl sites for hydroxylation is 2. The van der Waals surface area contributed by atoms with Gasteiger partial charge in [0.15, 0.2) is 0 Å². The largest absolute Gasteiger partial charge is 0.423 e. The minimum absolute atomic E-state index is 0.349. The van der Waals surface area contributed by atoms with Gasteiger partial charge >= 0.3 is 5.63 Å². The van der Waals surface area contributed by atoms with Gasteiger partial charge in [0.1, 0.15) is 5.58 Å². The predicted molar refractivity (Wildman–Crippen MR) is 103 cm³/mol. The zero-order chi connectivity index (χ0) is 18.1. The quantitative estimate of drug-likeness (QED) is 0.565. The first-order valence-electron chi connectivity index (χ1n) is 8.46. The average molecular weight is 345 g/mol. The Hall–Kier alpha value is -3.34. The van der Waals surface area contributed by atoms with E-state index in [2.05, 4.69) is 10.4 Å². The first kappa shape index (κ1) is 16.1. The third kappa shape index (κ3) is 3.11. The number of aromatic nitrogens is 2. The number of anilines is 1. The Morgan fingerprint density at radius 3 is 2.69 bits per heavy atom. The Balaban J connectivity index is 1.73. The van der Waals surface area contributed by atoms with E-state index in [1.54, 1.807) is 10.7 Å². The van der Waals surface area contributed by atoms with E-state index in [9.17, 15) is 4.79 Å². The highest BCUT2D eigenvalue weighted by atomic mass is 16.4. The summed E-state index contributed by atoms with van der Waals surface area (Å²) in [5, 5.41) is 8.58. The van der Waals surface area contributed by atoms with Crippen molar-refractivity contribution in [1.29, 1.82) is 0 Å². The molecule has 0 saturated heterocycles. The lowest BCUT2D eigenvalue weighted by Gasteiger charge is -2.10. The summed E-state index contributed by atoms with van der Waals surface area (Å²) in [6.45, 7) is 2.65. The molecule has 0 bridgehead atoms. The summed E-state index contributed by atoms with van der Waals surface area (Å²) < 4.78 is 7.21. The van der Waals surface area contributed by atoms with Crippen LogP contribution in [0.2, 0.25) is 0 Å². The molecule has 0 saturated carbocycles.